The van der Waals surface area contributed by atoms with Crippen LogP contribution in [0.1, 0.15) is 57.4 Å². The number of likely N-dealkylation sites (tertiary alicyclic amines) is 1. The van der Waals surface area contributed by atoms with E-state index in [1.807, 2.05) is 27.7 Å². The second kappa shape index (κ2) is 7.60. The maximum Gasteiger partial charge on any atom is 0.410 e. The van der Waals surface area contributed by atoms with Crippen molar-refractivity contribution in [3.05, 3.63) is 29.0 Å². The van der Waals surface area contributed by atoms with E-state index < -0.39 is 5.60 Å². The van der Waals surface area contributed by atoms with Gasteiger partial charge in [0.05, 0.1) is 5.02 Å². The number of carbonyl (C=O) groups is 2. The van der Waals surface area contributed by atoms with E-state index in [1.54, 1.807) is 23.2 Å². The summed E-state index contributed by atoms with van der Waals surface area (Å²) < 4.78 is 5.42. The highest BCUT2D eigenvalue weighted by Gasteiger charge is 2.37. The van der Waals surface area contributed by atoms with Crippen molar-refractivity contribution in [3.63, 3.8) is 0 Å². The minimum atomic E-state index is -0.514. The fraction of sp³-hybridized carbons (Fsp3) is 0.611. The third kappa shape index (κ3) is 5.08. The Kier molecular flexibility index (Phi) is 5.93. The number of piperidine rings is 1. The Hall–Kier alpha value is -1.82. The number of pyridine rings is 1. The van der Waals surface area contributed by atoms with E-state index in [4.69, 9.17) is 16.3 Å². The van der Waals surface area contributed by atoms with Crippen molar-refractivity contribution in [2.24, 2.45) is 0 Å². The first-order valence-electron chi connectivity index (χ1n) is 8.57. The predicted molar refractivity (Wildman–Crippen MR) is 96.8 cm³/mol. The first-order valence-corrected chi connectivity index (χ1v) is 8.94. The van der Waals surface area contributed by atoms with Crippen molar-refractivity contribution in [2.45, 2.75) is 58.1 Å². The predicted octanol–water partition coefficient (Wildman–Crippen LogP) is 3.64. The number of halogens is 1. The normalized spacial score (nSPS) is 17.1. The highest BCUT2D eigenvalue weighted by atomic mass is 35.5. The molecular formula is C18H26ClN3O3. The summed E-state index contributed by atoms with van der Waals surface area (Å²) in [5, 5.41) is 3.41. The van der Waals surface area contributed by atoms with Crippen LogP contribution in [0.4, 0.5) is 4.79 Å². The summed E-state index contributed by atoms with van der Waals surface area (Å²) in [5.41, 5.74) is -0.650. The van der Waals surface area contributed by atoms with Gasteiger partial charge in [0.1, 0.15) is 11.3 Å². The number of rotatable bonds is 3. The van der Waals surface area contributed by atoms with Gasteiger partial charge in [-0.15, -0.1) is 0 Å². The molecule has 1 fully saturated rings. The lowest BCUT2D eigenvalue weighted by Gasteiger charge is -2.42. The molecule has 0 spiro atoms. The lowest BCUT2D eigenvalue weighted by Crippen LogP contribution is -2.56. The van der Waals surface area contributed by atoms with Crippen LogP contribution in [-0.4, -0.2) is 46.1 Å². The van der Waals surface area contributed by atoms with Crippen LogP contribution >= 0.6 is 11.6 Å². The largest absolute Gasteiger partial charge is 0.444 e. The highest BCUT2D eigenvalue weighted by molar-refractivity contribution is 6.33. The van der Waals surface area contributed by atoms with Gasteiger partial charge in [0.15, 0.2) is 0 Å². The summed E-state index contributed by atoms with van der Waals surface area (Å²) in [6.45, 7) is 8.66. The number of amides is 2. The van der Waals surface area contributed by atoms with Gasteiger partial charge in [-0.3, -0.25) is 4.79 Å². The summed E-state index contributed by atoms with van der Waals surface area (Å²) in [7, 11) is 0. The van der Waals surface area contributed by atoms with Crippen LogP contribution in [-0.2, 0) is 4.74 Å². The lowest BCUT2D eigenvalue weighted by molar-refractivity contribution is 0.0146. The van der Waals surface area contributed by atoms with Crippen molar-refractivity contribution < 1.29 is 14.3 Å². The Balaban J connectivity index is 2.00. The summed E-state index contributed by atoms with van der Waals surface area (Å²) in [5.74, 6) is -0.279. The number of hydrogen-bond donors (Lipinski definition) is 1. The van der Waals surface area contributed by atoms with Crippen LogP contribution in [0.15, 0.2) is 18.3 Å². The first kappa shape index (κ1) is 19.5. The van der Waals surface area contributed by atoms with E-state index in [9.17, 15) is 9.59 Å². The molecule has 6 nitrogen and oxygen atoms in total. The van der Waals surface area contributed by atoms with Crippen molar-refractivity contribution in [3.8, 4) is 0 Å². The number of nitrogens with zero attached hydrogens (tertiary/aromatic N) is 2. The molecule has 2 amide bonds. The van der Waals surface area contributed by atoms with Crippen LogP contribution in [0.2, 0.25) is 5.02 Å². The monoisotopic (exact) mass is 367 g/mol. The molecule has 0 aromatic carbocycles. The number of hydrogen-bond acceptors (Lipinski definition) is 4. The van der Waals surface area contributed by atoms with Crippen LogP contribution in [0.5, 0.6) is 0 Å². The third-order valence-electron chi connectivity index (χ3n) is 4.40. The molecule has 138 valence electrons. The smallest absolute Gasteiger partial charge is 0.410 e. The zero-order valence-corrected chi connectivity index (χ0v) is 16.0. The Morgan fingerprint density at radius 3 is 2.52 bits per heavy atom. The van der Waals surface area contributed by atoms with Gasteiger partial charge in [0, 0.05) is 24.8 Å². The Bertz CT molecular complexity index is 635. The lowest BCUT2D eigenvalue weighted by atomic mass is 9.85. The van der Waals surface area contributed by atoms with Gasteiger partial charge in [-0.05, 0) is 52.2 Å². The SMILES string of the molecule is CCC1(NC(=O)c2ncccc2Cl)CCN(C(=O)OC(C)(C)C)CC1. The highest BCUT2D eigenvalue weighted by Crippen LogP contribution is 2.27. The molecule has 1 aliphatic rings. The minimum Gasteiger partial charge on any atom is -0.444 e. The Morgan fingerprint density at radius 2 is 2.00 bits per heavy atom. The molecule has 0 radical (unpaired) electrons. The molecule has 1 N–H and O–H groups in total. The molecule has 0 aliphatic carbocycles. The maximum absolute atomic E-state index is 12.5. The number of nitrogens with one attached hydrogen (secondary N) is 1. The van der Waals surface area contributed by atoms with E-state index >= 15 is 0 Å². The van der Waals surface area contributed by atoms with E-state index in [2.05, 4.69) is 10.3 Å². The minimum absolute atomic E-state index is 0.228. The molecule has 2 rings (SSSR count). The number of carbonyl (C=O) groups excluding carboxylic acids is 2. The average Bonchev–Trinajstić information content (AvgIpc) is 2.54. The van der Waals surface area contributed by atoms with Gasteiger partial charge < -0.3 is 15.0 Å². The molecule has 1 aliphatic heterocycles. The standard InChI is InChI=1S/C18H26ClN3O3/c1-5-18(21-15(23)14-13(19)7-6-10-20-14)8-11-22(12-9-18)16(24)25-17(2,3)4/h6-7,10H,5,8-9,11-12H2,1-4H3,(H,21,23). The van der Waals surface area contributed by atoms with Gasteiger partial charge in [0.2, 0.25) is 0 Å². The second-order valence-corrected chi connectivity index (χ2v) is 7.80. The van der Waals surface area contributed by atoms with Crippen LogP contribution in [0.3, 0.4) is 0 Å². The zero-order chi connectivity index (χ0) is 18.7. The van der Waals surface area contributed by atoms with Gasteiger partial charge >= 0.3 is 6.09 Å². The van der Waals surface area contributed by atoms with Crippen molar-refractivity contribution in [2.75, 3.05) is 13.1 Å². The summed E-state index contributed by atoms with van der Waals surface area (Å²) in [6.07, 6.45) is 3.34. The van der Waals surface area contributed by atoms with E-state index in [0.29, 0.717) is 31.0 Å². The van der Waals surface area contributed by atoms with E-state index in [0.717, 1.165) is 6.42 Å². The number of ether oxygens (including phenoxy) is 1. The molecule has 25 heavy (non-hydrogen) atoms. The third-order valence-corrected chi connectivity index (χ3v) is 4.71. The molecule has 1 aromatic rings. The van der Waals surface area contributed by atoms with Gasteiger partial charge in [-0.25, -0.2) is 9.78 Å². The summed E-state index contributed by atoms with van der Waals surface area (Å²) >= 11 is 6.06. The Labute approximate surface area is 153 Å². The molecular weight excluding hydrogens is 342 g/mol. The molecule has 0 atom stereocenters. The van der Waals surface area contributed by atoms with Crippen molar-refractivity contribution in [1.82, 2.24) is 15.2 Å². The molecule has 2 heterocycles. The molecule has 0 bridgehead atoms. The quantitative estimate of drug-likeness (QED) is 0.885. The summed E-state index contributed by atoms with van der Waals surface area (Å²) in [6, 6.07) is 3.33. The zero-order valence-electron chi connectivity index (χ0n) is 15.3. The number of aromatic nitrogens is 1. The first-order chi connectivity index (χ1) is 11.7. The topological polar surface area (TPSA) is 71.5 Å². The molecule has 7 heteroatoms. The van der Waals surface area contributed by atoms with Crippen LogP contribution in [0.25, 0.3) is 0 Å². The molecule has 1 saturated heterocycles. The maximum atomic E-state index is 12.5. The van der Waals surface area contributed by atoms with Gasteiger partial charge in [-0.2, -0.15) is 0 Å². The molecule has 0 unspecified atom stereocenters. The van der Waals surface area contributed by atoms with E-state index in [1.165, 1.54) is 0 Å². The fourth-order valence-corrected chi connectivity index (χ4v) is 3.07. The van der Waals surface area contributed by atoms with E-state index in [-0.39, 0.29) is 23.2 Å². The fourth-order valence-electron chi connectivity index (χ4n) is 2.86. The van der Waals surface area contributed by atoms with Gasteiger partial charge in [0.25, 0.3) is 5.91 Å². The Morgan fingerprint density at radius 1 is 1.36 bits per heavy atom. The van der Waals surface area contributed by atoms with Crippen LogP contribution in [0, 0.1) is 0 Å². The van der Waals surface area contributed by atoms with Crippen molar-refractivity contribution in [1.29, 1.82) is 0 Å². The summed E-state index contributed by atoms with van der Waals surface area (Å²) in [4.78, 5) is 30.5. The second-order valence-electron chi connectivity index (χ2n) is 7.39. The van der Waals surface area contributed by atoms with Crippen molar-refractivity contribution >= 4 is 23.6 Å². The van der Waals surface area contributed by atoms with Gasteiger partial charge in [-0.1, -0.05) is 18.5 Å². The molecule has 0 saturated carbocycles. The van der Waals surface area contributed by atoms with Crippen LogP contribution < -0.4 is 5.32 Å². The molecule has 1 aromatic heterocycles. The average molecular weight is 368 g/mol.